The largest absolute Gasteiger partial charge is 0.461 e. The summed E-state index contributed by atoms with van der Waals surface area (Å²) in [4.78, 5) is 11.4. The lowest BCUT2D eigenvalue weighted by Crippen LogP contribution is -2.05. The van der Waals surface area contributed by atoms with E-state index in [4.69, 9.17) is 4.74 Å². The lowest BCUT2D eigenvalue weighted by Gasteiger charge is -2.05. The second kappa shape index (κ2) is 7.88. The maximum absolute atomic E-state index is 11.4. The van der Waals surface area contributed by atoms with Gasteiger partial charge in [0.25, 0.3) is 0 Å². The number of esters is 1. The first kappa shape index (κ1) is 13.8. The molecule has 1 rings (SSSR count). The Balaban J connectivity index is 2.31. The number of unbranched alkanes of at least 4 members (excludes halogenated alkanes) is 2. The second-order valence-corrected chi connectivity index (χ2v) is 4.13. The van der Waals surface area contributed by atoms with Gasteiger partial charge in [-0.15, -0.1) is 0 Å². The highest BCUT2D eigenvalue weighted by atomic mass is 16.5. The molecule has 2 heteroatoms. The van der Waals surface area contributed by atoms with Crippen LogP contribution >= 0.6 is 0 Å². The van der Waals surface area contributed by atoms with Crippen molar-refractivity contribution in [3.63, 3.8) is 0 Å². The Kier molecular flexibility index (Phi) is 6.38. The van der Waals surface area contributed by atoms with Crippen LogP contribution in [0.2, 0.25) is 0 Å². The van der Waals surface area contributed by atoms with Gasteiger partial charge in [0.05, 0.1) is 6.42 Å². The molecule has 1 aromatic carbocycles. The van der Waals surface area contributed by atoms with Crippen molar-refractivity contribution in [1.29, 1.82) is 0 Å². The van der Waals surface area contributed by atoms with E-state index in [1.165, 1.54) is 5.56 Å². The number of carbonyl (C=O) groups is 1. The number of aryl methyl sites for hydroxylation is 1. The van der Waals surface area contributed by atoms with Crippen LogP contribution < -0.4 is 0 Å². The highest BCUT2D eigenvalue weighted by molar-refractivity contribution is 5.78. The van der Waals surface area contributed by atoms with Crippen molar-refractivity contribution in [2.45, 2.75) is 46.1 Å². The fourth-order valence-corrected chi connectivity index (χ4v) is 1.58. The molecule has 0 atom stereocenters. The molecule has 0 N–H and O–H groups in total. The number of benzene rings is 1. The summed E-state index contributed by atoms with van der Waals surface area (Å²) in [6.45, 7) is 4.59. The van der Waals surface area contributed by atoms with Crippen molar-refractivity contribution in [3.8, 4) is 0 Å². The molecule has 0 aromatic heterocycles. The molecule has 0 saturated heterocycles. The van der Waals surface area contributed by atoms with Gasteiger partial charge >= 0.3 is 5.97 Å². The zero-order chi connectivity index (χ0) is 12.5. The predicted octanol–water partition coefficient (Wildman–Crippen LogP) is 3.69. The molecule has 2 nitrogen and oxygen atoms in total. The van der Waals surface area contributed by atoms with Gasteiger partial charge in [0.15, 0.2) is 0 Å². The van der Waals surface area contributed by atoms with Gasteiger partial charge in [0, 0.05) is 0 Å². The molecule has 93 valence electrons. The minimum Gasteiger partial charge on any atom is -0.461 e. The molecule has 0 spiro atoms. The van der Waals surface area contributed by atoms with E-state index in [1.807, 2.05) is 12.1 Å². The summed E-state index contributed by atoms with van der Waals surface area (Å²) in [5.74, 6) is -0.208. The number of hydrogen-bond donors (Lipinski definition) is 0. The minimum absolute atomic E-state index is 0.208. The summed E-state index contributed by atoms with van der Waals surface area (Å²) >= 11 is 0. The molecule has 0 bridgehead atoms. The fourth-order valence-electron chi connectivity index (χ4n) is 1.58. The summed E-state index contributed by atoms with van der Waals surface area (Å²) in [6, 6.07) is 8.15. The number of ether oxygens (including phenoxy) is 1. The highest BCUT2D eigenvalue weighted by Gasteiger charge is 2.03. The number of rotatable bonds is 7. The molecule has 0 aliphatic rings. The maximum atomic E-state index is 11.4. The van der Waals surface area contributed by atoms with E-state index in [0.29, 0.717) is 6.61 Å². The third kappa shape index (κ3) is 5.53. The monoisotopic (exact) mass is 233 g/mol. The normalized spacial score (nSPS) is 10.2. The van der Waals surface area contributed by atoms with Gasteiger partial charge in [-0.05, 0) is 24.0 Å². The first-order valence-electron chi connectivity index (χ1n) is 6.34. The van der Waals surface area contributed by atoms with Gasteiger partial charge in [-0.25, -0.2) is 0 Å². The molecule has 0 saturated carbocycles. The zero-order valence-electron chi connectivity index (χ0n) is 10.7. The quantitative estimate of drug-likeness (QED) is 0.530. The molecule has 0 aliphatic carbocycles. The van der Waals surface area contributed by atoms with Crippen LogP contribution in [0, 0.1) is 6.42 Å². The third-order valence-corrected chi connectivity index (χ3v) is 2.65. The van der Waals surface area contributed by atoms with Gasteiger partial charge in [0.1, 0.15) is 6.61 Å². The summed E-state index contributed by atoms with van der Waals surface area (Å²) < 4.78 is 5.18. The van der Waals surface area contributed by atoms with Crippen LogP contribution in [-0.4, -0.2) is 5.97 Å². The van der Waals surface area contributed by atoms with Crippen LogP contribution in [0.5, 0.6) is 0 Å². The topological polar surface area (TPSA) is 26.3 Å². The molecule has 0 heterocycles. The second-order valence-electron chi connectivity index (χ2n) is 4.13. The first-order chi connectivity index (χ1) is 8.26. The van der Waals surface area contributed by atoms with Crippen LogP contribution in [-0.2, 0) is 22.6 Å². The van der Waals surface area contributed by atoms with Crippen molar-refractivity contribution in [2.75, 3.05) is 0 Å². The van der Waals surface area contributed by atoms with Gasteiger partial charge in [-0.1, -0.05) is 51.0 Å². The summed E-state index contributed by atoms with van der Waals surface area (Å²) in [5.41, 5.74) is 2.33. The Morgan fingerprint density at radius 1 is 1.29 bits per heavy atom. The van der Waals surface area contributed by atoms with E-state index in [-0.39, 0.29) is 5.97 Å². The zero-order valence-corrected chi connectivity index (χ0v) is 10.7. The Labute approximate surface area is 104 Å². The lowest BCUT2D eigenvalue weighted by molar-refractivity contribution is -0.140. The van der Waals surface area contributed by atoms with Gasteiger partial charge in [0.2, 0.25) is 0 Å². The standard InChI is InChI=1S/C15H21O2/c1-3-5-6-10-15(16)17-12-14-9-7-8-13(4-2)11-14/h7-11H,3-6,12H2,1-2H3. The Hall–Kier alpha value is -1.31. The molecule has 1 radical (unpaired) electrons. The van der Waals surface area contributed by atoms with Crippen molar-refractivity contribution >= 4 is 5.97 Å². The molecular weight excluding hydrogens is 212 g/mol. The fraction of sp³-hybridized carbons (Fsp3) is 0.467. The summed E-state index contributed by atoms with van der Waals surface area (Å²) in [6.07, 6.45) is 5.59. The predicted molar refractivity (Wildman–Crippen MR) is 69.4 cm³/mol. The molecule has 0 fully saturated rings. The molecule has 0 aliphatic heterocycles. The van der Waals surface area contributed by atoms with Gasteiger partial charge in [-0.2, -0.15) is 0 Å². The summed E-state index contributed by atoms with van der Waals surface area (Å²) in [5, 5.41) is 0. The minimum atomic E-state index is -0.208. The van der Waals surface area contributed by atoms with Crippen LogP contribution in [0.4, 0.5) is 0 Å². The van der Waals surface area contributed by atoms with E-state index in [1.54, 1.807) is 6.42 Å². The van der Waals surface area contributed by atoms with Crippen molar-refractivity contribution in [2.24, 2.45) is 0 Å². The lowest BCUT2D eigenvalue weighted by atomic mass is 10.1. The van der Waals surface area contributed by atoms with E-state index >= 15 is 0 Å². The number of hydrogen-bond acceptors (Lipinski definition) is 2. The van der Waals surface area contributed by atoms with Crippen molar-refractivity contribution in [3.05, 3.63) is 41.8 Å². The van der Waals surface area contributed by atoms with Crippen molar-refractivity contribution < 1.29 is 9.53 Å². The SMILES string of the molecule is CCCC[CH]C(=O)OCc1cccc(CC)c1. The van der Waals surface area contributed by atoms with Gasteiger partial charge < -0.3 is 4.74 Å². The average molecular weight is 233 g/mol. The maximum Gasteiger partial charge on any atom is 0.310 e. The van der Waals surface area contributed by atoms with E-state index < -0.39 is 0 Å². The Morgan fingerprint density at radius 3 is 2.76 bits per heavy atom. The van der Waals surface area contributed by atoms with Crippen LogP contribution in [0.3, 0.4) is 0 Å². The van der Waals surface area contributed by atoms with Crippen LogP contribution in [0.15, 0.2) is 24.3 Å². The van der Waals surface area contributed by atoms with Crippen molar-refractivity contribution in [1.82, 2.24) is 0 Å². The molecular formula is C15H21O2. The average Bonchev–Trinajstić information content (AvgIpc) is 2.37. The molecule has 0 amide bonds. The molecule has 17 heavy (non-hydrogen) atoms. The van der Waals surface area contributed by atoms with Crippen LogP contribution in [0.1, 0.15) is 44.2 Å². The van der Waals surface area contributed by atoms with E-state index in [0.717, 1.165) is 31.2 Å². The highest BCUT2D eigenvalue weighted by Crippen LogP contribution is 2.08. The van der Waals surface area contributed by atoms with Gasteiger partial charge in [-0.3, -0.25) is 4.79 Å². The third-order valence-electron chi connectivity index (χ3n) is 2.65. The summed E-state index contributed by atoms with van der Waals surface area (Å²) in [7, 11) is 0. The number of carbonyl (C=O) groups excluding carboxylic acids is 1. The Bertz CT molecular complexity index is 345. The molecule has 1 aromatic rings. The molecule has 0 unspecified atom stereocenters. The first-order valence-corrected chi connectivity index (χ1v) is 6.34. The van der Waals surface area contributed by atoms with Crippen LogP contribution in [0.25, 0.3) is 0 Å². The smallest absolute Gasteiger partial charge is 0.310 e. The van der Waals surface area contributed by atoms with E-state index in [9.17, 15) is 4.79 Å². The Morgan fingerprint density at radius 2 is 2.06 bits per heavy atom. The van der Waals surface area contributed by atoms with E-state index in [2.05, 4.69) is 26.0 Å².